The molecule has 9 N–H and O–H groups in total. The van der Waals surface area contributed by atoms with Crippen LogP contribution < -0.4 is 32.4 Å². The van der Waals surface area contributed by atoms with Gasteiger partial charge in [0.15, 0.2) is 6.29 Å². The number of alkyl halides is 9. The number of hydrogen-bond donors (Lipinski definition) is 5. The van der Waals surface area contributed by atoms with E-state index in [1.165, 1.54) is 36.4 Å². The van der Waals surface area contributed by atoms with Crippen molar-refractivity contribution in [2.75, 3.05) is 17.2 Å². The van der Waals surface area contributed by atoms with Crippen LogP contribution in [0.25, 0.3) is 0 Å². The number of ether oxygens (including phenoxy) is 2. The van der Waals surface area contributed by atoms with Crippen molar-refractivity contribution in [2.24, 2.45) is 5.73 Å². The average molecular weight is 1220 g/mol. The lowest BCUT2D eigenvalue weighted by Crippen LogP contribution is -2.32. The molecular weight excluding hydrogens is 1160 g/mol. The summed E-state index contributed by atoms with van der Waals surface area (Å²) in [6, 6.07) is 37.4. The van der Waals surface area contributed by atoms with Crippen LogP contribution in [0.1, 0.15) is 105 Å². The van der Waals surface area contributed by atoms with E-state index in [2.05, 4.69) is 78.4 Å². The molecule has 0 fully saturated rings. The molecule has 440 valence electrons. The summed E-state index contributed by atoms with van der Waals surface area (Å²) in [7, 11) is 0. The Balaban J connectivity index is 0. The minimum Gasteiger partial charge on any atom is -0.480 e. The van der Waals surface area contributed by atoms with E-state index in [9.17, 15) is 53.9 Å². The molecule has 0 saturated heterocycles. The largest absolute Gasteiger partial charge is 0.480 e. The van der Waals surface area contributed by atoms with Gasteiger partial charge in [-0.1, -0.05) is 139 Å². The van der Waals surface area contributed by atoms with Crippen molar-refractivity contribution in [1.29, 1.82) is 0 Å². The lowest BCUT2D eigenvalue weighted by atomic mass is 10.1. The molecular formula is C54H54Cl3F9N10O6. The number of aromatic nitrogens is 6. The van der Waals surface area contributed by atoms with Crippen LogP contribution in [-0.2, 0) is 11.2 Å². The molecule has 3 aromatic heterocycles. The molecule has 4 aromatic carbocycles. The number of anilines is 3. The Morgan fingerprint density at radius 3 is 1.26 bits per heavy atom. The summed E-state index contributed by atoms with van der Waals surface area (Å²) in [5.41, 5.74) is 21.2. The van der Waals surface area contributed by atoms with Gasteiger partial charge in [0.25, 0.3) is 5.78 Å². The van der Waals surface area contributed by atoms with Gasteiger partial charge in [0, 0.05) is 46.9 Å². The first kappa shape index (κ1) is 75.5. The summed E-state index contributed by atoms with van der Waals surface area (Å²) in [5.74, 6) is -4.50. The Hall–Kier alpha value is -8.59. The van der Waals surface area contributed by atoms with E-state index in [-0.39, 0.29) is 62.4 Å². The highest BCUT2D eigenvalue weighted by Gasteiger charge is 2.44. The monoisotopic (exact) mass is 1210 g/mol. The molecule has 16 nitrogen and oxygen atoms in total. The quantitative estimate of drug-likeness (QED) is 0.0349. The molecule has 0 aliphatic carbocycles. The number of nitrogens with zero attached hydrogens (tertiary/aromatic N) is 6. The Morgan fingerprint density at radius 1 is 0.561 bits per heavy atom. The minimum absolute atomic E-state index is 0.0475. The number of ketones is 1. The summed E-state index contributed by atoms with van der Waals surface area (Å²) in [5, 5.41) is 9.20. The highest BCUT2D eigenvalue weighted by atomic mass is 35.5. The highest BCUT2D eigenvalue weighted by molar-refractivity contribution is 6.33. The van der Waals surface area contributed by atoms with Gasteiger partial charge in [-0.2, -0.15) is 49.5 Å². The number of aliphatic carboxylic acids is 1. The number of carboxylic acid groups (broad SMARTS) is 1. The summed E-state index contributed by atoms with van der Waals surface area (Å²) < 4.78 is 124. The van der Waals surface area contributed by atoms with Crippen molar-refractivity contribution in [3.63, 3.8) is 0 Å². The van der Waals surface area contributed by atoms with Crippen LogP contribution >= 0.6 is 34.8 Å². The Morgan fingerprint density at radius 2 is 0.939 bits per heavy atom. The number of halogens is 12. The third kappa shape index (κ3) is 30.7. The van der Waals surface area contributed by atoms with Crippen molar-refractivity contribution < 1.29 is 68.5 Å². The lowest BCUT2D eigenvalue weighted by Gasteiger charge is -2.21. The van der Waals surface area contributed by atoms with Gasteiger partial charge in [0.05, 0.1) is 5.69 Å². The third-order valence-corrected chi connectivity index (χ3v) is 8.50. The number of carbonyl (C=O) groups excluding carboxylic acids is 2. The number of nitrogens with two attached hydrogens (primary N) is 4. The van der Waals surface area contributed by atoms with E-state index in [1.54, 1.807) is 18.2 Å². The zero-order chi connectivity index (χ0) is 63.2. The summed E-state index contributed by atoms with van der Waals surface area (Å²) in [6.45, 7) is 16.0. The highest BCUT2D eigenvalue weighted by Crippen LogP contribution is 2.37. The number of carboxylic acids is 1. The molecule has 0 amide bonds. The Labute approximate surface area is 483 Å². The molecule has 7 aromatic rings. The average Bonchev–Trinajstić information content (AvgIpc) is 3.46. The fraction of sp³-hybridized carbons (Fsp3) is 0.278. The smallest absolute Gasteiger partial charge is 0.454 e. The van der Waals surface area contributed by atoms with Crippen LogP contribution in [-0.4, -0.2) is 77.6 Å². The van der Waals surface area contributed by atoms with Gasteiger partial charge >= 0.3 is 24.5 Å². The Kier molecular flexibility index (Phi) is 36.6. The van der Waals surface area contributed by atoms with Crippen LogP contribution in [0.4, 0.5) is 57.4 Å². The topological polar surface area (TPSA) is 271 Å². The number of aldehydes is 1. The van der Waals surface area contributed by atoms with E-state index < -0.39 is 60.0 Å². The van der Waals surface area contributed by atoms with Crippen molar-refractivity contribution in [2.45, 2.75) is 98.6 Å². The molecule has 0 bridgehead atoms. The van der Waals surface area contributed by atoms with Crippen LogP contribution in [0, 0.1) is 48.5 Å². The maximum atomic E-state index is 13.3. The number of hydrogen-bond acceptors (Lipinski definition) is 15. The van der Waals surface area contributed by atoms with Gasteiger partial charge in [-0.3, -0.25) is 14.4 Å². The SMILES string of the molecule is CC.CC.CC.CC.Nc1nc(C[C@H](N)C(=O)O)cc(OC(c2cc#ccc2)C(F)(F)F)n1.Nc1nc(Cl)cc(Cl)n1.Nc1nc(Cl)cc(OC(c2cc#ccc2)C(F)(F)F)n1.O=C(c1cc#ccc1)C(F)(F)F.O=Cc1cc#ccc1. The van der Waals surface area contributed by atoms with Crippen molar-refractivity contribution in [3.05, 3.63) is 183 Å². The van der Waals surface area contributed by atoms with E-state index in [4.69, 9.17) is 72.3 Å². The maximum absolute atomic E-state index is 13.3. The van der Waals surface area contributed by atoms with Gasteiger partial charge in [-0.05, 0) is 72.8 Å². The molecule has 0 saturated carbocycles. The number of rotatable bonds is 11. The first-order valence-corrected chi connectivity index (χ1v) is 24.7. The van der Waals surface area contributed by atoms with Gasteiger partial charge < -0.3 is 37.5 Å². The van der Waals surface area contributed by atoms with E-state index in [1.807, 2.05) is 55.4 Å². The van der Waals surface area contributed by atoms with Gasteiger partial charge in [-0.25, -0.2) is 19.9 Å². The second kappa shape index (κ2) is 39.7. The van der Waals surface area contributed by atoms with Crippen LogP contribution in [0.2, 0.25) is 15.5 Å². The zero-order valence-electron chi connectivity index (χ0n) is 44.7. The second-order valence-corrected chi connectivity index (χ2v) is 14.7. The molecule has 28 heteroatoms. The summed E-state index contributed by atoms with van der Waals surface area (Å²) >= 11 is 16.5. The predicted molar refractivity (Wildman–Crippen MR) is 290 cm³/mol. The molecule has 2 unspecified atom stereocenters. The normalized spacial score (nSPS) is 10.8. The fourth-order valence-electron chi connectivity index (χ4n) is 4.87. The van der Waals surface area contributed by atoms with Crippen molar-refractivity contribution >= 4 is 70.7 Å². The standard InChI is InChI=1S/C15H13F3N4O3.C12H7ClF3N3O.C8H3F3O.C7H4O.C4H3Cl2N3.4C2H6/c16-15(17,18)12(8-4-2-1-3-5-8)25-11-7-9(21-14(20)22-11)6-10(19)13(23)24;13-8-6-9(19-11(17)18-8)20-10(12(14,15)16)7-4-2-1-3-5-7;9-8(10,11)7(12)6-4-2-1-3-5-6;8-6-7-4-2-1-3-5-7;5-2-1-3(6)9-4(7)8-2;4*1-2/h2,4-5,7,10,12H,6,19H2,(H,23,24)(H2,20,21,22);2,4-6,10H,(H2,17,18,19);2,4-5H;2,4-6H;1H,(H2,7,8,9);4*1-2H3/t10-,12?;;;;;;;;/m0......../s1. The molecule has 7 rings (SSSR count). The van der Waals surface area contributed by atoms with E-state index >= 15 is 0 Å². The van der Waals surface area contributed by atoms with E-state index in [0.717, 1.165) is 42.7 Å². The maximum Gasteiger partial charge on any atom is 0.454 e. The van der Waals surface area contributed by atoms with Crippen molar-refractivity contribution in [1.82, 2.24) is 29.9 Å². The van der Waals surface area contributed by atoms with E-state index in [0.29, 0.717) is 5.56 Å². The molecule has 82 heavy (non-hydrogen) atoms. The molecule has 3 heterocycles. The summed E-state index contributed by atoms with van der Waals surface area (Å²) in [4.78, 5) is 52.9. The molecule has 3 atom stereocenters. The molecule has 0 aliphatic rings. The van der Waals surface area contributed by atoms with Gasteiger partial charge in [0.1, 0.15) is 21.5 Å². The first-order valence-electron chi connectivity index (χ1n) is 23.6. The van der Waals surface area contributed by atoms with Gasteiger partial charge in [0.2, 0.25) is 41.8 Å². The predicted octanol–water partition coefficient (Wildman–Crippen LogP) is 12.9. The van der Waals surface area contributed by atoms with Crippen LogP contribution in [0.15, 0.2) is 91.0 Å². The molecule has 0 radical (unpaired) electrons. The second-order valence-electron chi connectivity index (χ2n) is 13.5. The molecule has 0 aliphatic heterocycles. The van der Waals surface area contributed by atoms with Crippen LogP contribution in [0.5, 0.6) is 11.8 Å². The fourth-order valence-corrected chi connectivity index (χ4v) is 5.48. The molecule has 0 spiro atoms. The van der Waals surface area contributed by atoms with Gasteiger partial charge in [-0.15, -0.1) is 0 Å². The summed E-state index contributed by atoms with van der Waals surface area (Å²) in [6.07, 6.45) is -18.2. The lowest BCUT2D eigenvalue weighted by molar-refractivity contribution is -0.199. The zero-order valence-corrected chi connectivity index (χ0v) is 47.0. The van der Waals surface area contributed by atoms with Crippen LogP contribution in [0.3, 0.4) is 0 Å². The first-order chi connectivity index (χ1) is 38.7. The third-order valence-electron chi connectivity index (χ3n) is 7.92. The number of nitrogen functional groups attached to an aromatic ring is 3. The Bertz CT molecular complexity index is 2800. The van der Waals surface area contributed by atoms with Crippen molar-refractivity contribution in [3.8, 4) is 11.8 Å². The number of Topliss-reactive ketones (excluding diaryl/α,β-unsaturated/α-hetero) is 1. The number of carbonyl (C=O) groups is 3. The minimum atomic E-state index is -4.81.